The summed E-state index contributed by atoms with van der Waals surface area (Å²) < 4.78 is 52.2. The van der Waals surface area contributed by atoms with Gasteiger partial charge < -0.3 is 24.8 Å². The summed E-state index contributed by atoms with van der Waals surface area (Å²) in [6.07, 6.45) is -2.51. The number of carboxylic acid groups (broad SMARTS) is 1. The average molecular weight is 615 g/mol. The van der Waals surface area contributed by atoms with Crippen molar-refractivity contribution in [2.75, 3.05) is 19.9 Å². The van der Waals surface area contributed by atoms with Crippen molar-refractivity contribution in [3.05, 3.63) is 93.8 Å². The van der Waals surface area contributed by atoms with E-state index in [0.29, 0.717) is 5.75 Å². The highest BCUT2D eigenvalue weighted by molar-refractivity contribution is 7.89. The van der Waals surface area contributed by atoms with Crippen LogP contribution in [0.5, 0.6) is 11.5 Å². The first-order valence-electron chi connectivity index (χ1n) is 12.7. The Bertz CT molecular complexity index is 1720. The molecule has 0 aliphatic carbocycles. The minimum atomic E-state index is -4.49. The normalized spacial score (nSPS) is 17.0. The molecule has 224 valence electrons. The van der Waals surface area contributed by atoms with Crippen LogP contribution >= 0.6 is 0 Å². The highest BCUT2D eigenvalue weighted by Crippen LogP contribution is 2.34. The number of carboxylic acids is 1. The monoisotopic (exact) mass is 614 g/mol. The first-order chi connectivity index (χ1) is 20.5. The molecule has 16 heteroatoms. The molecule has 43 heavy (non-hydrogen) atoms. The number of nitro groups is 1. The van der Waals surface area contributed by atoms with Gasteiger partial charge in [-0.3, -0.25) is 24.5 Å². The number of sulfonamides is 1. The van der Waals surface area contributed by atoms with E-state index >= 15 is 0 Å². The summed E-state index contributed by atoms with van der Waals surface area (Å²) in [6, 6.07) is 11.8. The molecular formula is C27H23FN4O10S. The van der Waals surface area contributed by atoms with Crippen LogP contribution in [-0.4, -0.2) is 71.5 Å². The van der Waals surface area contributed by atoms with E-state index in [4.69, 9.17) is 9.47 Å². The lowest BCUT2D eigenvalue weighted by molar-refractivity contribution is -0.384. The molecule has 0 saturated carbocycles. The van der Waals surface area contributed by atoms with Crippen LogP contribution in [0.25, 0.3) is 0 Å². The van der Waals surface area contributed by atoms with Crippen molar-refractivity contribution in [2.24, 2.45) is 0 Å². The van der Waals surface area contributed by atoms with Gasteiger partial charge in [-0.2, -0.15) is 4.31 Å². The summed E-state index contributed by atoms with van der Waals surface area (Å²) in [4.78, 5) is 50.5. The van der Waals surface area contributed by atoms with Gasteiger partial charge in [0.25, 0.3) is 17.5 Å². The summed E-state index contributed by atoms with van der Waals surface area (Å²) in [6.45, 7) is -0.616. The lowest BCUT2D eigenvalue weighted by atomic mass is 10.0. The van der Waals surface area contributed by atoms with Crippen molar-refractivity contribution in [1.29, 1.82) is 0 Å². The van der Waals surface area contributed by atoms with Crippen LogP contribution in [0.3, 0.4) is 0 Å². The molecule has 2 N–H and O–H groups in total. The Kier molecular flexibility index (Phi) is 7.97. The van der Waals surface area contributed by atoms with Gasteiger partial charge in [0, 0.05) is 30.8 Å². The van der Waals surface area contributed by atoms with Crippen molar-refractivity contribution in [2.45, 2.75) is 23.5 Å². The van der Waals surface area contributed by atoms with Crippen LogP contribution < -0.4 is 14.8 Å². The van der Waals surface area contributed by atoms with Gasteiger partial charge in [0.15, 0.2) is 17.7 Å². The molecule has 1 saturated heterocycles. The average Bonchev–Trinajstić information content (AvgIpc) is 3.64. The Morgan fingerprint density at radius 1 is 1.05 bits per heavy atom. The van der Waals surface area contributed by atoms with Crippen molar-refractivity contribution in [1.82, 2.24) is 14.5 Å². The molecule has 2 amide bonds. The first-order valence-corrected chi connectivity index (χ1v) is 14.1. The lowest BCUT2D eigenvalue weighted by Crippen LogP contribution is -2.54. The molecule has 2 atom stereocenters. The first kappa shape index (κ1) is 29.4. The summed E-state index contributed by atoms with van der Waals surface area (Å²) >= 11 is 0. The molecule has 0 bridgehead atoms. The van der Waals surface area contributed by atoms with Crippen LogP contribution in [0.1, 0.15) is 28.4 Å². The molecule has 0 aromatic heterocycles. The second-order valence-corrected chi connectivity index (χ2v) is 11.4. The Morgan fingerprint density at radius 2 is 1.77 bits per heavy atom. The molecule has 2 unspecified atom stereocenters. The SMILES string of the molecule is O=C(O)CC(NC(=O)C1N(C(=O)c2ccc3c(c2)OCO3)CCN1S(=O)(=O)c1ccc(F)cc1)c1cccc([N+](=O)[O-])c1. The highest BCUT2D eigenvalue weighted by atomic mass is 32.2. The summed E-state index contributed by atoms with van der Waals surface area (Å²) in [7, 11) is -4.49. The smallest absolute Gasteiger partial charge is 0.305 e. The van der Waals surface area contributed by atoms with Crippen molar-refractivity contribution < 1.29 is 46.7 Å². The number of carbonyl (C=O) groups is 3. The maximum absolute atomic E-state index is 13.9. The zero-order valence-electron chi connectivity index (χ0n) is 22.1. The minimum absolute atomic E-state index is 0.0591. The van der Waals surface area contributed by atoms with E-state index in [-0.39, 0.29) is 47.3 Å². The third kappa shape index (κ3) is 5.96. The summed E-state index contributed by atoms with van der Waals surface area (Å²) in [5, 5.41) is 23.3. The number of carbonyl (C=O) groups excluding carboxylic acids is 2. The maximum Gasteiger partial charge on any atom is 0.305 e. The predicted molar refractivity (Wildman–Crippen MR) is 144 cm³/mol. The van der Waals surface area contributed by atoms with Gasteiger partial charge in [-0.15, -0.1) is 0 Å². The molecule has 2 heterocycles. The maximum atomic E-state index is 13.9. The molecule has 14 nitrogen and oxygen atoms in total. The number of fused-ring (bicyclic) bond motifs is 1. The van der Waals surface area contributed by atoms with Crippen LogP contribution in [0.4, 0.5) is 10.1 Å². The number of hydrogen-bond donors (Lipinski definition) is 2. The zero-order chi connectivity index (χ0) is 30.9. The molecule has 3 aromatic rings. The number of aliphatic carboxylic acids is 1. The van der Waals surface area contributed by atoms with Gasteiger partial charge in [-0.05, 0) is 48.0 Å². The van der Waals surface area contributed by atoms with E-state index < -0.39 is 57.2 Å². The number of nitrogens with one attached hydrogen (secondary N) is 1. The number of ether oxygens (including phenoxy) is 2. The van der Waals surface area contributed by atoms with Gasteiger partial charge >= 0.3 is 5.97 Å². The highest BCUT2D eigenvalue weighted by Gasteiger charge is 2.47. The van der Waals surface area contributed by atoms with E-state index in [1.807, 2.05) is 0 Å². The van der Waals surface area contributed by atoms with E-state index in [9.17, 15) is 42.4 Å². The van der Waals surface area contributed by atoms with Crippen molar-refractivity contribution in [3.63, 3.8) is 0 Å². The van der Waals surface area contributed by atoms with E-state index in [1.54, 1.807) is 0 Å². The third-order valence-corrected chi connectivity index (χ3v) is 8.71. The Hall–Kier alpha value is -5.09. The van der Waals surface area contributed by atoms with E-state index in [1.165, 1.54) is 36.4 Å². The third-order valence-electron chi connectivity index (χ3n) is 6.84. The number of hydrogen-bond acceptors (Lipinski definition) is 9. The van der Waals surface area contributed by atoms with Gasteiger partial charge in [-0.25, -0.2) is 12.8 Å². The molecule has 0 radical (unpaired) electrons. The topological polar surface area (TPSA) is 186 Å². The Morgan fingerprint density at radius 3 is 2.47 bits per heavy atom. The zero-order valence-corrected chi connectivity index (χ0v) is 22.9. The van der Waals surface area contributed by atoms with Crippen LogP contribution in [0, 0.1) is 15.9 Å². The molecular weight excluding hydrogens is 591 g/mol. The summed E-state index contributed by atoms with van der Waals surface area (Å²) in [5.41, 5.74) is -0.225. The molecule has 2 aliphatic rings. The van der Waals surface area contributed by atoms with Crippen LogP contribution in [0.2, 0.25) is 0 Å². The number of benzene rings is 3. The largest absolute Gasteiger partial charge is 0.481 e. The molecule has 0 spiro atoms. The van der Waals surface area contributed by atoms with Gasteiger partial charge in [0.2, 0.25) is 16.8 Å². The number of rotatable bonds is 9. The standard InChI is InChI=1S/C27H23FN4O10S/c28-18-5-7-20(8-6-18)43(39,40)31-11-10-30(27(36)17-4-9-22-23(13-17)42-15-41-22)26(31)25(35)29-21(14-24(33)34)16-2-1-3-19(12-16)32(37)38/h1-9,12-13,21,26H,10-11,14-15H2,(H,29,35)(H,33,34). The quantitative estimate of drug-likeness (QED) is 0.268. The van der Waals surface area contributed by atoms with Crippen molar-refractivity contribution in [3.8, 4) is 11.5 Å². The fraction of sp³-hybridized carbons (Fsp3) is 0.222. The molecule has 5 rings (SSSR count). The number of halogens is 1. The number of amides is 2. The Labute approximate surface area is 243 Å². The van der Waals surface area contributed by atoms with Gasteiger partial charge in [0.05, 0.1) is 22.3 Å². The lowest BCUT2D eigenvalue weighted by Gasteiger charge is -2.30. The second kappa shape index (κ2) is 11.7. The second-order valence-electron chi connectivity index (χ2n) is 9.52. The van der Waals surface area contributed by atoms with Gasteiger partial charge in [0.1, 0.15) is 5.82 Å². The number of non-ortho nitro benzene ring substituents is 1. The molecule has 1 fully saturated rings. The number of nitrogens with zero attached hydrogens (tertiary/aromatic N) is 3. The van der Waals surface area contributed by atoms with Crippen molar-refractivity contribution >= 4 is 33.5 Å². The Balaban J connectivity index is 1.52. The van der Waals surface area contributed by atoms with E-state index in [2.05, 4.69) is 5.32 Å². The van der Waals surface area contributed by atoms with Crippen LogP contribution in [0.15, 0.2) is 71.6 Å². The minimum Gasteiger partial charge on any atom is -0.481 e. The fourth-order valence-electron chi connectivity index (χ4n) is 4.81. The predicted octanol–water partition coefficient (Wildman–Crippen LogP) is 2.27. The molecule has 2 aliphatic heterocycles. The van der Waals surface area contributed by atoms with Gasteiger partial charge in [-0.1, -0.05) is 12.1 Å². The van der Waals surface area contributed by atoms with E-state index in [0.717, 1.165) is 39.5 Å². The summed E-state index contributed by atoms with van der Waals surface area (Å²) in [5.74, 6) is -3.18. The van der Waals surface area contributed by atoms with Crippen LogP contribution in [-0.2, 0) is 19.6 Å². The fourth-order valence-corrected chi connectivity index (χ4v) is 6.35. The number of nitro benzene ring substituents is 1. The molecule has 3 aromatic carbocycles.